The molecular formula is C26H37NO8. The Labute approximate surface area is 205 Å². The average molecular weight is 492 g/mol. The number of likely N-dealkylation sites (tertiary alicyclic amines) is 1. The van der Waals surface area contributed by atoms with E-state index in [1.165, 1.54) is 6.92 Å². The van der Waals surface area contributed by atoms with Crippen molar-refractivity contribution in [2.45, 2.75) is 80.9 Å². The van der Waals surface area contributed by atoms with Crippen molar-refractivity contribution >= 4 is 5.97 Å². The number of methoxy groups -OCH3 is 2. The normalized spacial score (nSPS) is 61.1. The molecule has 7 bridgehead atoms. The minimum atomic E-state index is -1.29. The molecule has 0 amide bonds. The quantitative estimate of drug-likeness (QED) is 0.429. The van der Waals surface area contributed by atoms with Gasteiger partial charge in [0.25, 0.3) is 0 Å². The molecule has 3 spiro atoms. The van der Waals surface area contributed by atoms with Crippen molar-refractivity contribution in [1.29, 1.82) is 0 Å². The van der Waals surface area contributed by atoms with Crippen molar-refractivity contribution in [2.24, 2.45) is 28.6 Å². The summed E-state index contributed by atoms with van der Waals surface area (Å²) in [5.74, 6) is -1.33. The maximum atomic E-state index is 13.2. The molecular weight excluding hydrogens is 454 g/mol. The Morgan fingerprint density at radius 2 is 1.97 bits per heavy atom. The van der Waals surface area contributed by atoms with Gasteiger partial charge in [0.1, 0.15) is 18.5 Å². The number of esters is 1. The van der Waals surface area contributed by atoms with Gasteiger partial charge in [0.2, 0.25) is 0 Å². The molecule has 0 aromatic carbocycles. The van der Waals surface area contributed by atoms with Crippen molar-refractivity contribution in [1.82, 2.24) is 4.90 Å². The van der Waals surface area contributed by atoms with Crippen LogP contribution in [0.5, 0.6) is 0 Å². The monoisotopic (exact) mass is 491 g/mol. The zero-order valence-electron chi connectivity index (χ0n) is 21.1. The number of likely N-dealkylation sites (N-methyl/N-ethyl adjacent to an activating group) is 1. The Balaban J connectivity index is 1.63. The molecule has 5 aliphatic carbocycles. The van der Waals surface area contributed by atoms with E-state index in [0.29, 0.717) is 12.8 Å². The van der Waals surface area contributed by atoms with Gasteiger partial charge in [0.05, 0.1) is 35.4 Å². The highest BCUT2D eigenvalue weighted by molar-refractivity contribution is 5.67. The van der Waals surface area contributed by atoms with Gasteiger partial charge in [-0.05, 0) is 13.0 Å². The second-order valence-electron chi connectivity index (χ2n) is 12.3. The number of hydrogen-bond donors (Lipinski definition) is 2. The van der Waals surface area contributed by atoms with Crippen LogP contribution in [0.4, 0.5) is 0 Å². The van der Waals surface area contributed by atoms with Crippen LogP contribution < -0.4 is 0 Å². The van der Waals surface area contributed by atoms with Crippen LogP contribution in [-0.4, -0.2) is 102 Å². The van der Waals surface area contributed by atoms with Crippen LogP contribution >= 0.6 is 0 Å². The largest absolute Gasteiger partial charge is 0.459 e. The first kappa shape index (κ1) is 23.1. The Bertz CT molecular complexity index is 1010. The van der Waals surface area contributed by atoms with E-state index in [1.807, 2.05) is 0 Å². The fraction of sp³-hybridized carbons (Fsp3) is 0.885. The molecule has 7 aliphatic rings. The number of carbonyl (C=O) groups excluding carboxylic acids is 1. The highest BCUT2D eigenvalue weighted by Crippen LogP contribution is 2.83. The topological polar surface area (TPSA) is 107 Å². The van der Waals surface area contributed by atoms with E-state index in [0.717, 1.165) is 13.1 Å². The molecule has 0 radical (unpaired) electrons. The molecule has 2 aliphatic heterocycles. The Morgan fingerprint density at radius 1 is 1.20 bits per heavy atom. The Kier molecular flexibility index (Phi) is 4.40. The zero-order valence-corrected chi connectivity index (χ0v) is 21.1. The first-order valence-corrected chi connectivity index (χ1v) is 13.0. The summed E-state index contributed by atoms with van der Waals surface area (Å²) >= 11 is 0. The summed E-state index contributed by atoms with van der Waals surface area (Å²) < 4.78 is 31.9. The molecule has 6 fully saturated rings. The molecule has 0 aromatic heterocycles. The molecule has 4 saturated carbocycles. The third-order valence-corrected chi connectivity index (χ3v) is 11.4. The fourth-order valence-electron chi connectivity index (χ4n) is 11.0. The van der Waals surface area contributed by atoms with Gasteiger partial charge < -0.3 is 33.9 Å². The number of aliphatic hydroxyl groups excluding tert-OH is 1. The third kappa shape index (κ3) is 2.05. The minimum absolute atomic E-state index is 0.0107. The number of hydrogen-bond acceptors (Lipinski definition) is 9. The van der Waals surface area contributed by atoms with Gasteiger partial charge in [-0.1, -0.05) is 26.0 Å². The molecule has 13 atom stereocenters. The average Bonchev–Trinajstić information content (AvgIpc) is 3.36. The number of fused-ring (bicyclic) bond motifs is 1. The lowest BCUT2D eigenvalue weighted by Gasteiger charge is -2.70. The van der Waals surface area contributed by atoms with Crippen LogP contribution in [0.15, 0.2) is 12.2 Å². The number of carbonyl (C=O) groups is 1. The van der Waals surface area contributed by atoms with Crippen molar-refractivity contribution in [3.05, 3.63) is 12.2 Å². The van der Waals surface area contributed by atoms with Crippen molar-refractivity contribution in [3.63, 3.8) is 0 Å². The van der Waals surface area contributed by atoms with Gasteiger partial charge in [0.15, 0.2) is 5.60 Å². The van der Waals surface area contributed by atoms with E-state index in [9.17, 15) is 15.0 Å². The predicted molar refractivity (Wildman–Crippen MR) is 121 cm³/mol. The first-order chi connectivity index (χ1) is 16.6. The van der Waals surface area contributed by atoms with Crippen LogP contribution in [0, 0.1) is 28.6 Å². The Morgan fingerprint density at radius 3 is 2.63 bits per heavy atom. The minimum Gasteiger partial charge on any atom is -0.459 e. The van der Waals surface area contributed by atoms with Crippen LogP contribution in [-0.2, 0) is 28.5 Å². The second-order valence-corrected chi connectivity index (χ2v) is 12.3. The van der Waals surface area contributed by atoms with E-state index in [2.05, 4.69) is 30.9 Å². The van der Waals surface area contributed by atoms with E-state index in [-0.39, 0.29) is 30.6 Å². The van der Waals surface area contributed by atoms with Gasteiger partial charge in [-0.2, -0.15) is 0 Å². The smallest absolute Gasteiger partial charge is 0.303 e. The summed E-state index contributed by atoms with van der Waals surface area (Å²) in [5.41, 5.74) is -4.69. The van der Waals surface area contributed by atoms with Crippen LogP contribution in [0.2, 0.25) is 0 Å². The first-order valence-electron chi connectivity index (χ1n) is 13.0. The summed E-state index contributed by atoms with van der Waals surface area (Å²) in [4.78, 5) is 15.1. The molecule has 9 nitrogen and oxygen atoms in total. The molecule has 194 valence electrons. The van der Waals surface area contributed by atoms with Crippen molar-refractivity contribution in [3.8, 4) is 0 Å². The molecule has 0 aromatic rings. The molecule has 2 N–H and O–H groups in total. The molecule has 35 heavy (non-hydrogen) atoms. The van der Waals surface area contributed by atoms with Gasteiger partial charge in [-0.15, -0.1) is 0 Å². The lowest BCUT2D eigenvalue weighted by atomic mass is 9.42. The number of ether oxygens (including phenoxy) is 5. The summed E-state index contributed by atoms with van der Waals surface area (Å²) in [6.45, 7) is 7.24. The van der Waals surface area contributed by atoms with Crippen LogP contribution in [0.25, 0.3) is 0 Å². The molecule has 7 rings (SSSR count). The molecule has 2 heterocycles. The molecule has 9 heteroatoms. The summed E-state index contributed by atoms with van der Waals surface area (Å²) in [6.07, 6.45) is 2.72. The number of rotatable bonds is 4. The number of aliphatic hydroxyl groups is 2. The maximum absolute atomic E-state index is 13.2. The maximum Gasteiger partial charge on any atom is 0.303 e. The van der Waals surface area contributed by atoms with Gasteiger partial charge in [0, 0.05) is 57.3 Å². The van der Waals surface area contributed by atoms with Crippen molar-refractivity contribution in [2.75, 3.05) is 34.1 Å². The molecule has 2 saturated heterocycles. The second kappa shape index (κ2) is 6.67. The van der Waals surface area contributed by atoms with Crippen LogP contribution in [0.1, 0.15) is 33.6 Å². The Hall–Kier alpha value is -1.07. The standard InChI is InChI=1S/C26H37NO8/c1-6-27-11-22(3)8-7-16(31-4)25-19(22)20(35-13(2)28)26(21(25)27)24(33-12-34-26)10-15(29)14-9-23(25,30)18(24)17(14)32-5/h7-8,14-21,29-30H,6,9-12H2,1-5H3/t14-,15+,16?,17?,18+,19-,20+,21?,22+,23+,24-,25?,26?/m1/s1. The van der Waals surface area contributed by atoms with Crippen molar-refractivity contribution < 1.29 is 38.7 Å². The third-order valence-electron chi connectivity index (χ3n) is 11.4. The predicted octanol–water partition coefficient (Wildman–Crippen LogP) is 0.472. The van der Waals surface area contributed by atoms with Gasteiger partial charge in [-0.3, -0.25) is 9.69 Å². The lowest BCUT2D eigenvalue weighted by Crippen LogP contribution is -2.85. The van der Waals surface area contributed by atoms with Gasteiger partial charge >= 0.3 is 5.97 Å². The van der Waals surface area contributed by atoms with E-state index < -0.39 is 58.0 Å². The highest BCUT2D eigenvalue weighted by Gasteiger charge is 2.97. The summed E-state index contributed by atoms with van der Waals surface area (Å²) in [5, 5.41) is 24.7. The summed E-state index contributed by atoms with van der Waals surface area (Å²) in [7, 11) is 3.33. The van der Waals surface area contributed by atoms with Gasteiger partial charge in [-0.25, -0.2) is 0 Å². The number of piperidine rings is 1. The summed E-state index contributed by atoms with van der Waals surface area (Å²) in [6, 6.07) is -0.331. The SMILES string of the molecule is CCN1C[C@]2(C)C=CC(OC)C34C1C1(OCO[C@@]15C[C@H](O)[C@H]1C[C@]3(O)[C@@H]5C1OC)[C@@H](OC(C)=O)[C@@H]42. The lowest BCUT2D eigenvalue weighted by molar-refractivity contribution is -0.317. The van der Waals surface area contributed by atoms with E-state index >= 15 is 0 Å². The fourth-order valence-corrected chi connectivity index (χ4v) is 11.0. The van der Waals surface area contributed by atoms with Crippen LogP contribution in [0.3, 0.4) is 0 Å². The highest BCUT2D eigenvalue weighted by atomic mass is 16.7. The van der Waals surface area contributed by atoms with E-state index in [4.69, 9.17) is 23.7 Å². The van der Waals surface area contributed by atoms with E-state index in [1.54, 1.807) is 14.2 Å². The number of nitrogens with zero attached hydrogens (tertiary/aromatic N) is 1. The zero-order chi connectivity index (χ0) is 24.8. The molecule has 5 unspecified atom stereocenters.